The number of nitrogens with one attached hydrogen (secondary N) is 1. The van der Waals surface area contributed by atoms with E-state index in [1.165, 1.54) is 148 Å². The van der Waals surface area contributed by atoms with Gasteiger partial charge in [-0.15, -0.1) is 0 Å². The van der Waals surface area contributed by atoms with Gasteiger partial charge < -0.3 is 19.8 Å². The molecule has 3 N–H and O–H groups in total. The van der Waals surface area contributed by atoms with Gasteiger partial charge in [-0.2, -0.15) is 0 Å². The number of unbranched alkanes of at least 4 members (excludes halogenated alkanes) is 29. The molecule has 3 unspecified atom stereocenters. The van der Waals surface area contributed by atoms with Gasteiger partial charge in [0.05, 0.1) is 39.9 Å². The Bertz CT molecular complexity index is 1730. The second-order valence-electron chi connectivity index (χ2n) is 23.5. The van der Waals surface area contributed by atoms with Crippen molar-refractivity contribution in [2.45, 2.75) is 289 Å². The summed E-state index contributed by atoms with van der Waals surface area (Å²) in [4.78, 5) is 23.4. The van der Waals surface area contributed by atoms with Crippen LogP contribution in [0.2, 0.25) is 0 Å². The van der Waals surface area contributed by atoms with E-state index < -0.39 is 20.0 Å². The molecular formula is C72H128N2O6P+. The van der Waals surface area contributed by atoms with Crippen molar-refractivity contribution < 1.29 is 32.9 Å². The van der Waals surface area contributed by atoms with Gasteiger partial charge in [-0.05, 0) is 96.3 Å². The maximum atomic E-state index is 13.0. The third kappa shape index (κ3) is 64.3. The van der Waals surface area contributed by atoms with E-state index >= 15 is 0 Å². The summed E-state index contributed by atoms with van der Waals surface area (Å²) in [6.07, 6.45) is 91.9. The second kappa shape index (κ2) is 61.5. The van der Waals surface area contributed by atoms with E-state index in [4.69, 9.17) is 9.05 Å². The maximum Gasteiger partial charge on any atom is 0.472 e. The van der Waals surface area contributed by atoms with Crippen LogP contribution in [0, 0.1) is 0 Å². The summed E-state index contributed by atoms with van der Waals surface area (Å²) in [5.41, 5.74) is 0. The van der Waals surface area contributed by atoms with Crippen molar-refractivity contribution in [2.75, 3.05) is 40.9 Å². The average molecular weight is 1150 g/mol. The Balaban J connectivity index is 4.24. The van der Waals surface area contributed by atoms with Gasteiger partial charge in [0.25, 0.3) is 0 Å². The van der Waals surface area contributed by atoms with Crippen LogP contribution in [0.15, 0.2) is 122 Å². The number of aliphatic hydroxyl groups is 1. The lowest BCUT2D eigenvalue weighted by atomic mass is 10.0. The number of carbonyl (C=O) groups excluding carboxylic acids is 1. The Morgan fingerprint density at radius 2 is 0.753 bits per heavy atom. The fourth-order valence-corrected chi connectivity index (χ4v) is 9.99. The third-order valence-electron chi connectivity index (χ3n) is 14.4. The van der Waals surface area contributed by atoms with Gasteiger partial charge in [0, 0.05) is 6.42 Å². The second-order valence-corrected chi connectivity index (χ2v) is 24.9. The molecule has 0 aromatic heterocycles. The largest absolute Gasteiger partial charge is 0.472 e. The SMILES string of the molecule is CC/C=C\C/C=C\C/C=C\C/C=C\C/C=C\C/C=C\C/C=C\C/C=C\CCCCCCCCC(=O)NC(COP(=O)(O)OCC[N+](C)(C)C)C(O)/C=C/CC/C=C/CCCCCCCCCCCCCCCCCCCCCCCC. The summed E-state index contributed by atoms with van der Waals surface area (Å²) in [7, 11) is 1.53. The quantitative estimate of drug-likeness (QED) is 0.0243. The Kier molecular flexibility index (Phi) is 59.1. The normalized spacial score (nSPS) is 14.5. The molecule has 9 heteroatoms. The molecule has 0 aliphatic carbocycles. The van der Waals surface area contributed by atoms with Gasteiger partial charge in [0.15, 0.2) is 0 Å². The zero-order chi connectivity index (χ0) is 59.1. The van der Waals surface area contributed by atoms with E-state index in [-0.39, 0.29) is 19.1 Å². The highest BCUT2D eigenvalue weighted by Gasteiger charge is 2.27. The van der Waals surface area contributed by atoms with Crippen molar-refractivity contribution in [1.82, 2.24) is 5.32 Å². The number of carbonyl (C=O) groups is 1. The lowest BCUT2D eigenvalue weighted by Crippen LogP contribution is -2.45. The third-order valence-corrected chi connectivity index (χ3v) is 15.4. The van der Waals surface area contributed by atoms with Crippen LogP contribution in [0.25, 0.3) is 0 Å². The molecule has 3 atom stereocenters. The number of aliphatic hydroxyl groups excluding tert-OH is 1. The monoisotopic (exact) mass is 1150 g/mol. The Morgan fingerprint density at radius 3 is 1.14 bits per heavy atom. The maximum absolute atomic E-state index is 13.0. The first-order valence-electron chi connectivity index (χ1n) is 33.4. The van der Waals surface area contributed by atoms with Crippen molar-refractivity contribution in [2.24, 2.45) is 0 Å². The van der Waals surface area contributed by atoms with Crippen molar-refractivity contribution in [3.63, 3.8) is 0 Å². The van der Waals surface area contributed by atoms with Crippen LogP contribution in [-0.4, -0.2) is 73.4 Å². The number of rotatable bonds is 60. The minimum Gasteiger partial charge on any atom is -0.387 e. The van der Waals surface area contributed by atoms with E-state index in [1.807, 2.05) is 27.2 Å². The van der Waals surface area contributed by atoms with Crippen LogP contribution >= 0.6 is 7.82 Å². The van der Waals surface area contributed by atoms with Gasteiger partial charge in [0.1, 0.15) is 13.2 Å². The average Bonchev–Trinajstić information content (AvgIpc) is 3.43. The lowest BCUT2D eigenvalue weighted by Gasteiger charge is -2.25. The summed E-state index contributed by atoms with van der Waals surface area (Å²) in [6.45, 7) is 4.68. The number of quaternary nitrogens is 1. The zero-order valence-electron chi connectivity index (χ0n) is 53.2. The molecule has 0 fully saturated rings. The van der Waals surface area contributed by atoms with Gasteiger partial charge >= 0.3 is 7.82 Å². The highest BCUT2D eigenvalue weighted by atomic mass is 31.2. The van der Waals surface area contributed by atoms with Crippen molar-refractivity contribution in [3.05, 3.63) is 122 Å². The molecule has 0 heterocycles. The highest BCUT2D eigenvalue weighted by molar-refractivity contribution is 7.47. The summed E-state index contributed by atoms with van der Waals surface area (Å²) < 4.78 is 23.8. The predicted molar refractivity (Wildman–Crippen MR) is 355 cm³/mol. The Hall–Kier alpha value is -3.10. The predicted octanol–water partition coefficient (Wildman–Crippen LogP) is 21.3. The van der Waals surface area contributed by atoms with Crippen LogP contribution in [0.4, 0.5) is 0 Å². The van der Waals surface area contributed by atoms with Crippen molar-refractivity contribution >= 4 is 13.7 Å². The lowest BCUT2D eigenvalue weighted by molar-refractivity contribution is -0.870. The number of likely N-dealkylation sites (N-methyl/N-ethyl adjacent to an activating group) is 1. The molecule has 1 amide bonds. The van der Waals surface area contributed by atoms with Gasteiger partial charge in [-0.1, -0.05) is 296 Å². The molecule has 0 spiro atoms. The first-order chi connectivity index (χ1) is 39.5. The summed E-state index contributed by atoms with van der Waals surface area (Å²) in [6, 6.07) is -0.883. The van der Waals surface area contributed by atoms with E-state index in [2.05, 4.69) is 129 Å². The van der Waals surface area contributed by atoms with E-state index in [0.29, 0.717) is 17.4 Å². The van der Waals surface area contributed by atoms with E-state index in [0.717, 1.165) is 109 Å². The van der Waals surface area contributed by atoms with Gasteiger partial charge in [-0.25, -0.2) is 4.57 Å². The molecule has 0 radical (unpaired) electrons. The first-order valence-corrected chi connectivity index (χ1v) is 34.9. The van der Waals surface area contributed by atoms with E-state index in [9.17, 15) is 19.4 Å². The van der Waals surface area contributed by atoms with Crippen LogP contribution in [0.3, 0.4) is 0 Å². The van der Waals surface area contributed by atoms with Gasteiger partial charge in [0.2, 0.25) is 5.91 Å². The topological polar surface area (TPSA) is 105 Å². The molecule has 0 bridgehead atoms. The molecule has 81 heavy (non-hydrogen) atoms. The van der Waals surface area contributed by atoms with Crippen LogP contribution in [-0.2, 0) is 18.4 Å². The first kappa shape index (κ1) is 77.9. The van der Waals surface area contributed by atoms with Crippen LogP contribution < -0.4 is 5.32 Å². The summed E-state index contributed by atoms with van der Waals surface area (Å²) >= 11 is 0. The van der Waals surface area contributed by atoms with E-state index in [1.54, 1.807) is 6.08 Å². The highest BCUT2D eigenvalue weighted by Crippen LogP contribution is 2.43. The van der Waals surface area contributed by atoms with Gasteiger partial charge in [-0.3, -0.25) is 13.8 Å². The molecule has 0 aliphatic rings. The molecule has 466 valence electrons. The molecular weight excluding hydrogens is 1020 g/mol. The minimum atomic E-state index is -4.37. The Labute approximate surface area is 501 Å². The molecule has 8 nitrogen and oxygen atoms in total. The fourth-order valence-electron chi connectivity index (χ4n) is 9.25. The molecule has 0 rings (SSSR count). The van der Waals surface area contributed by atoms with Crippen LogP contribution in [0.5, 0.6) is 0 Å². The summed E-state index contributed by atoms with van der Waals surface area (Å²) in [5, 5.41) is 14.0. The Morgan fingerprint density at radius 1 is 0.432 bits per heavy atom. The number of allylic oxidation sites excluding steroid dienone is 19. The number of hydrogen-bond acceptors (Lipinski definition) is 5. The number of nitrogens with zero attached hydrogens (tertiary/aromatic N) is 1. The summed E-state index contributed by atoms with van der Waals surface area (Å²) in [5.74, 6) is -0.204. The number of phosphoric ester groups is 1. The van der Waals surface area contributed by atoms with Crippen molar-refractivity contribution in [1.29, 1.82) is 0 Å². The minimum absolute atomic E-state index is 0.0467. The number of hydrogen-bond donors (Lipinski definition) is 3. The standard InChI is InChI=1S/C72H127N2O6P/c1-6-8-10-12-14-16-18-20-22-24-26-28-30-32-34-36-37-38-40-42-44-46-48-50-52-54-56-58-60-62-64-66-72(76)73-70(69-80-81(77,78)79-68-67-74(3,4)5)71(75)65-63-61-59-57-55-53-51-49-47-45-43-41-39-35-33-31-29-27-25-23-21-19-17-15-13-11-9-7-2/h8,10,14,16,20,22,26,28,32,34,37-38,42,44,48,50,55,57,63,65,70-71,75H,6-7,9,11-13,15,17-19,21,23-25,27,29-31,33,35-36,39-41,43,45-47,49,51-54,56,58-62,64,66-69H2,1-5H3,(H-,73,76,77,78)/p+1/b10-8-,16-14-,22-20-,28-26-,34-32-,38-37-,44-42-,50-48-,57-55+,65-63+. The molecule has 0 aliphatic heterocycles. The van der Waals surface area contributed by atoms with Crippen molar-refractivity contribution in [3.8, 4) is 0 Å². The molecule has 0 aromatic carbocycles. The zero-order valence-corrected chi connectivity index (χ0v) is 54.1. The molecule has 0 saturated carbocycles. The molecule has 0 saturated heterocycles. The number of phosphoric acid groups is 1. The smallest absolute Gasteiger partial charge is 0.387 e. The van der Waals surface area contributed by atoms with Crippen LogP contribution in [0.1, 0.15) is 277 Å². The fraction of sp³-hybridized carbons (Fsp3) is 0.708. The number of amides is 1. The molecule has 0 aromatic rings.